The van der Waals surface area contributed by atoms with Crippen LogP contribution in [0.15, 0.2) is 0 Å². The lowest BCUT2D eigenvalue weighted by Crippen LogP contribution is -2.25. The minimum absolute atomic E-state index is 0.0903. The average molecular weight is 159 g/mol. The number of hydrogen-bond acceptors (Lipinski definition) is 3. The number of rotatable bonds is 4. The van der Waals surface area contributed by atoms with Crippen molar-refractivity contribution < 1.29 is 14.7 Å². The number of amides is 1. The molecule has 4 nitrogen and oxygen atoms in total. The fraction of sp³-hybridized carbons (Fsp3) is 0.714. The Labute approximate surface area is 65.8 Å². The molecule has 0 rings (SSSR count). The summed E-state index contributed by atoms with van der Waals surface area (Å²) in [5.74, 6) is -0.693. The van der Waals surface area contributed by atoms with Gasteiger partial charge in [-0.2, -0.15) is 0 Å². The van der Waals surface area contributed by atoms with Gasteiger partial charge in [0.1, 0.15) is 6.29 Å². The van der Waals surface area contributed by atoms with Crippen molar-refractivity contribution in [2.24, 2.45) is 5.92 Å². The minimum Gasteiger partial charge on any atom is -0.396 e. The van der Waals surface area contributed by atoms with Gasteiger partial charge in [-0.3, -0.25) is 4.79 Å². The van der Waals surface area contributed by atoms with Gasteiger partial charge in [-0.15, -0.1) is 0 Å². The number of carbonyl (C=O) groups excluding carboxylic acids is 2. The quantitative estimate of drug-likeness (QED) is 0.550. The molecule has 0 saturated carbocycles. The van der Waals surface area contributed by atoms with Gasteiger partial charge in [0.15, 0.2) is 0 Å². The number of carbonyl (C=O) groups is 2. The summed E-state index contributed by atoms with van der Waals surface area (Å²) >= 11 is 0. The zero-order chi connectivity index (χ0) is 8.85. The summed E-state index contributed by atoms with van der Waals surface area (Å²) in [6.45, 7) is -0.261. The second-order valence-electron chi connectivity index (χ2n) is 2.57. The van der Waals surface area contributed by atoms with E-state index in [1.54, 1.807) is 14.1 Å². The van der Waals surface area contributed by atoms with Gasteiger partial charge in [-0.1, -0.05) is 0 Å². The van der Waals surface area contributed by atoms with Crippen LogP contribution in [0.5, 0.6) is 0 Å². The summed E-state index contributed by atoms with van der Waals surface area (Å²) in [6.07, 6.45) is 0.689. The van der Waals surface area contributed by atoms with E-state index < -0.39 is 5.92 Å². The van der Waals surface area contributed by atoms with Crippen molar-refractivity contribution in [1.29, 1.82) is 0 Å². The molecule has 0 saturated heterocycles. The number of hydrogen-bond donors (Lipinski definition) is 1. The highest BCUT2D eigenvalue weighted by Crippen LogP contribution is 1.99. The first-order valence-electron chi connectivity index (χ1n) is 3.38. The molecule has 0 aromatic carbocycles. The zero-order valence-electron chi connectivity index (χ0n) is 6.78. The maximum atomic E-state index is 10.9. The van der Waals surface area contributed by atoms with E-state index >= 15 is 0 Å². The molecule has 1 N–H and O–H groups in total. The maximum Gasteiger partial charge on any atom is 0.222 e. The van der Waals surface area contributed by atoms with Gasteiger partial charge >= 0.3 is 0 Å². The highest BCUT2D eigenvalue weighted by molar-refractivity contribution is 5.78. The van der Waals surface area contributed by atoms with E-state index in [0.717, 1.165) is 0 Å². The van der Waals surface area contributed by atoms with Crippen molar-refractivity contribution >= 4 is 12.2 Å². The Balaban J connectivity index is 3.81. The van der Waals surface area contributed by atoms with Gasteiger partial charge in [0.25, 0.3) is 0 Å². The van der Waals surface area contributed by atoms with E-state index in [2.05, 4.69) is 0 Å². The van der Waals surface area contributed by atoms with Crippen molar-refractivity contribution in [3.8, 4) is 0 Å². The van der Waals surface area contributed by atoms with Crippen molar-refractivity contribution in [2.75, 3.05) is 20.7 Å². The van der Waals surface area contributed by atoms with Crippen LogP contribution in [-0.4, -0.2) is 42.9 Å². The first-order valence-corrected chi connectivity index (χ1v) is 3.38. The normalized spacial score (nSPS) is 12.3. The summed E-state index contributed by atoms with van der Waals surface area (Å²) in [5, 5.41) is 8.55. The van der Waals surface area contributed by atoms with Crippen molar-refractivity contribution in [3.05, 3.63) is 0 Å². The van der Waals surface area contributed by atoms with Crippen LogP contribution in [0.2, 0.25) is 0 Å². The monoisotopic (exact) mass is 159 g/mol. The van der Waals surface area contributed by atoms with Crippen LogP contribution in [0, 0.1) is 5.92 Å². The third-order valence-corrected chi connectivity index (χ3v) is 1.36. The largest absolute Gasteiger partial charge is 0.396 e. The minimum atomic E-state index is -0.551. The molecule has 4 heteroatoms. The second kappa shape index (κ2) is 4.85. The van der Waals surface area contributed by atoms with Crippen LogP contribution in [0.3, 0.4) is 0 Å². The first-order chi connectivity index (χ1) is 5.11. The van der Waals surface area contributed by atoms with Gasteiger partial charge in [-0.05, 0) is 0 Å². The molecule has 0 bridgehead atoms. The third kappa shape index (κ3) is 3.72. The highest BCUT2D eigenvalue weighted by Gasteiger charge is 2.12. The fourth-order valence-electron chi connectivity index (χ4n) is 0.563. The van der Waals surface area contributed by atoms with Gasteiger partial charge < -0.3 is 14.8 Å². The van der Waals surface area contributed by atoms with Crippen molar-refractivity contribution in [1.82, 2.24) is 4.90 Å². The van der Waals surface area contributed by atoms with Crippen molar-refractivity contribution in [3.63, 3.8) is 0 Å². The summed E-state index contributed by atoms with van der Waals surface area (Å²) in [4.78, 5) is 22.5. The molecule has 0 aliphatic carbocycles. The highest BCUT2D eigenvalue weighted by atomic mass is 16.3. The first kappa shape index (κ1) is 10.1. The molecule has 0 aromatic heterocycles. The summed E-state index contributed by atoms with van der Waals surface area (Å²) in [5.41, 5.74) is 0. The van der Waals surface area contributed by atoms with E-state index in [0.29, 0.717) is 6.29 Å². The van der Waals surface area contributed by atoms with E-state index in [1.165, 1.54) is 4.90 Å². The molecule has 1 atom stereocenters. The Morgan fingerprint density at radius 1 is 1.64 bits per heavy atom. The van der Waals surface area contributed by atoms with Crippen LogP contribution in [0.25, 0.3) is 0 Å². The van der Waals surface area contributed by atoms with Crippen LogP contribution in [0.4, 0.5) is 0 Å². The Hall–Kier alpha value is -0.900. The predicted octanol–water partition coefficient (Wildman–Crippen LogP) is -0.728. The molecular formula is C7H13NO3. The third-order valence-electron chi connectivity index (χ3n) is 1.36. The standard InChI is InChI=1S/C7H13NO3/c1-8(2)7(11)3-6(4-9)5-10/h4,6,10H,3,5H2,1-2H3. The van der Waals surface area contributed by atoms with E-state index in [1.807, 2.05) is 0 Å². The Morgan fingerprint density at radius 3 is 2.45 bits per heavy atom. The molecule has 0 radical (unpaired) electrons. The molecule has 0 aliphatic heterocycles. The van der Waals surface area contributed by atoms with Crippen LogP contribution in [0.1, 0.15) is 6.42 Å². The van der Waals surface area contributed by atoms with Gasteiger partial charge in [0.05, 0.1) is 6.61 Å². The average Bonchev–Trinajstić information content (AvgIpc) is 1.99. The molecule has 0 spiro atoms. The number of aliphatic hydroxyl groups excluding tert-OH is 1. The van der Waals surface area contributed by atoms with Crippen LogP contribution in [-0.2, 0) is 9.59 Å². The summed E-state index contributed by atoms with van der Waals surface area (Å²) in [6, 6.07) is 0. The smallest absolute Gasteiger partial charge is 0.222 e. The van der Waals surface area contributed by atoms with E-state index in [4.69, 9.17) is 5.11 Å². The summed E-state index contributed by atoms with van der Waals surface area (Å²) < 4.78 is 0. The zero-order valence-corrected chi connectivity index (χ0v) is 6.78. The maximum absolute atomic E-state index is 10.9. The summed E-state index contributed by atoms with van der Waals surface area (Å²) in [7, 11) is 3.23. The fourth-order valence-corrected chi connectivity index (χ4v) is 0.563. The topological polar surface area (TPSA) is 57.6 Å². The predicted molar refractivity (Wildman–Crippen MR) is 40.0 cm³/mol. The van der Waals surface area contributed by atoms with E-state index in [-0.39, 0.29) is 18.9 Å². The van der Waals surface area contributed by atoms with Crippen LogP contribution < -0.4 is 0 Å². The van der Waals surface area contributed by atoms with Gasteiger partial charge in [0, 0.05) is 26.4 Å². The Morgan fingerprint density at radius 2 is 2.18 bits per heavy atom. The molecule has 64 valence electrons. The lowest BCUT2D eigenvalue weighted by atomic mass is 10.1. The molecular weight excluding hydrogens is 146 g/mol. The second-order valence-corrected chi connectivity index (χ2v) is 2.57. The molecule has 1 unspecified atom stereocenters. The lowest BCUT2D eigenvalue weighted by Gasteiger charge is -2.11. The molecule has 0 heterocycles. The molecule has 0 fully saturated rings. The number of aldehydes is 1. The van der Waals surface area contributed by atoms with E-state index in [9.17, 15) is 9.59 Å². The van der Waals surface area contributed by atoms with Gasteiger partial charge in [0.2, 0.25) is 5.91 Å². The molecule has 1 amide bonds. The number of aliphatic hydroxyl groups is 1. The van der Waals surface area contributed by atoms with Gasteiger partial charge in [-0.25, -0.2) is 0 Å². The van der Waals surface area contributed by atoms with Crippen LogP contribution >= 0.6 is 0 Å². The van der Waals surface area contributed by atoms with Crippen molar-refractivity contribution in [2.45, 2.75) is 6.42 Å². The Kier molecular flexibility index (Phi) is 4.45. The molecule has 0 aliphatic rings. The Bertz CT molecular complexity index is 145. The molecule has 11 heavy (non-hydrogen) atoms. The number of nitrogens with zero attached hydrogens (tertiary/aromatic N) is 1. The molecule has 0 aromatic rings. The SMILES string of the molecule is CN(C)C(=O)CC(C=O)CO. The lowest BCUT2D eigenvalue weighted by molar-refractivity contribution is -0.131.